The normalized spacial score (nSPS) is 12.1. The van der Waals surface area contributed by atoms with E-state index in [9.17, 15) is 0 Å². The third-order valence-corrected chi connectivity index (χ3v) is 2.56. The molecule has 2 heteroatoms. The second-order valence-electron chi connectivity index (χ2n) is 3.95. The Labute approximate surface area is 98.0 Å². The summed E-state index contributed by atoms with van der Waals surface area (Å²) in [5, 5.41) is 12.2. The molecule has 0 saturated carbocycles. The Morgan fingerprint density at radius 1 is 1.25 bits per heavy atom. The monoisotopic (exact) mass is 219 g/mol. The Kier molecular flexibility index (Phi) is 6.35. The van der Waals surface area contributed by atoms with Gasteiger partial charge in [0.1, 0.15) is 0 Å². The van der Waals surface area contributed by atoms with Crippen LogP contribution in [-0.4, -0.2) is 17.8 Å². The summed E-state index contributed by atoms with van der Waals surface area (Å²) >= 11 is 0. The van der Waals surface area contributed by atoms with Crippen LogP contribution in [-0.2, 0) is 0 Å². The molecule has 0 amide bonds. The number of anilines is 1. The van der Waals surface area contributed by atoms with Crippen LogP contribution in [0.5, 0.6) is 0 Å². The fraction of sp³-hybridized carbons (Fsp3) is 0.429. The summed E-state index contributed by atoms with van der Waals surface area (Å²) in [6.45, 7) is 4.06. The Morgan fingerprint density at radius 3 is 2.62 bits per heavy atom. The lowest BCUT2D eigenvalue weighted by Gasteiger charge is -2.18. The van der Waals surface area contributed by atoms with E-state index in [2.05, 4.69) is 24.0 Å². The fourth-order valence-electron chi connectivity index (χ4n) is 1.72. The van der Waals surface area contributed by atoms with Crippen LogP contribution in [0, 0.1) is 0 Å². The highest BCUT2D eigenvalue weighted by atomic mass is 16.2. The van der Waals surface area contributed by atoms with Crippen molar-refractivity contribution in [2.75, 3.05) is 11.9 Å². The maximum Gasteiger partial charge on any atom is 0.0431 e. The van der Waals surface area contributed by atoms with Crippen LogP contribution in [0.3, 0.4) is 0 Å². The zero-order valence-corrected chi connectivity index (χ0v) is 9.73. The number of nitrogens with one attached hydrogen (secondary N) is 1. The van der Waals surface area contributed by atoms with Crippen LogP contribution in [0.25, 0.3) is 0 Å². The van der Waals surface area contributed by atoms with E-state index in [4.69, 9.17) is 5.11 Å². The molecule has 1 aromatic rings. The minimum atomic E-state index is 0.284. The Hall–Kier alpha value is -1.28. The van der Waals surface area contributed by atoms with E-state index in [1.807, 2.05) is 24.3 Å². The first kappa shape index (κ1) is 12.8. The molecule has 0 heterocycles. The van der Waals surface area contributed by atoms with Gasteiger partial charge in [-0.1, -0.05) is 24.3 Å². The zero-order valence-electron chi connectivity index (χ0n) is 9.73. The lowest BCUT2D eigenvalue weighted by Crippen LogP contribution is -2.18. The minimum Gasteiger partial charge on any atom is -0.396 e. The molecule has 16 heavy (non-hydrogen) atoms. The maximum absolute atomic E-state index is 8.76. The molecule has 1 unspecified atom stereocenters. The summed E-state index contributed by atoms with van der Waals surface area (Å²) in [5.41, 5.74) is 1.15. The Bertz CT molecular complexity index is 284. The number of aliphatic hydroxyl groups excluding tert-OH is 1. The van der Waals surface area contributed by atoms with Crippen LogP contribution >= 0.6 is 0 Å². The minimum absolute atomic E-state index is 0.284. The second kappa shape index (κ2) is 7.94. The SMILES string of the molecule is C=CCC(CCCCO)Nc1ccccc1. The van der Waals surface area contributed by atoms with Gasteiger partial charge in [-0.2, -0.15) is 0 Å². The van der Waals surface area contributed by atoms with Gasteiger partial charge in [0.2, 0.25) is 0 Å². The van der Waals surface area contributed by atoms with Crippen LogP contribution in [0.1, 0.15) is 25.7 Å². The van der Waals surface area contributed by atoms with Gasteiger partial charge < -0.3 is 10.4 Å². The number of benzene rings is 1. The number of para-hydroxylation sites is 1. The average Bonchev–Trinajstić information content (AvgIpc) is 2.31. The van der Waals surface area contributed by atoms with Gasteiger partial charge in [-0.05, 0) is 37.8 Å². The number of hydrogen-bond donors (Lipinski definition) is 2. The van der Waals surface area contributed by atoms with Crippen molar-refractivity contribution in [3.8, 4) is 0 Å². The van der Waals surface area contributed by atoms with E-state index in [-0.39, 0.29) is 6.61 Å². The molecule has 0 spiro atoms. The number of unbranched alkanes of at least 4 members (excludes halogenated alkanes) is 1. The molecule has 88 valence electrons. The van der Waals surface area contributed by atoms with Gasteiger partial charge in [0.25, 0.3) is 0 Å². The molecule has 2 nitrogen and oxygen atoms in total. The largest absolute Gasteiger partial charge is 0.396 e. The topological polar surface area (TPSA) is 32.3 Å². The van der Waals surface area contributed by atoms with Crippen LogP contribution in [0.4, 0.5) is 5.69 Å². The molecular weight excluding hydrogens is 198 g/mol. The van der Waals surface area contributed by atoms with Crippen molar-refractivity contribution in [2.45, 2.75) is 31.7 Å². The van der Waals surface area contributed by atoms with E-state index in [1.54, 1.807) is 0 Å². The molecule has 1 atom stereocenters. The van der Waals surface area contributed by atoms with E-state index >= 15 is 0 Å². The molecule has 2 N–H and O–H groups in total. The van der Waals surface area contributed by atoms with Gasteiger partial charge in [0.15, 0.2) is 0 Å². The third-order valence-electron chi connectivity index (χ3n) is 2.56. The summed E-state index contributed by atoms with van der Waals surface area (Å²) < 4.78 is 0. The van der Waals surface area contributed by atoms with E-state index < -0.39 is 0 Å². The van der Waals surface area contributed by atoms with E-state index in [0.29, 0.717) is 6.04 Å². The van der Waals surface area contributed by atoms with Crippen molar-refractivity contribution in [1.82, 2.24) is 0 Å². The summed E-state index contributed by atoms with van der Waals surface area (Å²) in [5.74, 6) is 0. The van der Waals surface area contributed by atoms with Crippen molar-refractivity contribution < 1.29 is 5.11 Å². The number of aliphatic hydroxyl groups is 1. The first-order chi connectivity index (χ1) is 7.86. The van der Waals surface area contributed by atoms with Gasteiger partial charge in [-0.25, -0.2) is 0 Å². The lowest BCUT2D eigenvalue weighted by atomic mass is 10.1. The molecule has 0 fully saturated rings. The van der Waals surface area contributed by atoms with E-state index in [1.165, 1.54) is 0 Å². The number of rotatable bonds is 8. The van der Waals surface area contributed by atoms with Crippen molar-refractivity contribution in [3.63, 3.8) is 0 Å². The smallest absolute Gasteiger partial charge is 0.0431 e. The second-order valence-corrected chi connectivity index (χ2v) is 3.95. The molecule has 1 rings (SSSR count). The molecular formula is C14H21NO. The molecule has 0 bridgehead atoms. The molecule has 0 aromatic heterocycles. The van der Waals surface area contributed by atoms with Gasteiger partial charge >= 0.3 is 0 Å². The maximum atomic E-state index is 8.76. The predicted octanol–water partition coefficient (Wildman–Crippen LogP) is 3.21. The predicted molar refractivity (Wildman–Crippen MR) is 69.6 cm³/mol. The van der Waals surface area contributed by atoms with Crippen LogP contribution < -0.4 is 5.32 Å². The summed E-state index contributed by atoms with van der Waals surface area (Å²) in [6, 6.07) is 10.6. The highest BCUT2D eigenvalue weighted by Gasteiger charge is 2.05. The van der Waals surface area contributed by atoms with Gasteiger partial charge in [-0.3, -0.25) is 0 Å². The lowest BCUT2D eigenvalue weighted by molar-refractivity contribution is 0.282. The summed E-state index contributed by atoms with van der Waals surface area (Å²) in [7, 11) is 0. The first-order valence-corrected chi connectivity index (χ1v) is 5.90. The molecule has 0 aliphatic rings. The number of hydrogen-bond acceptors (Lipinski definition) is 2. The van der Waals surface area contributed by atoms with Crippen molar-refractivity contribution in [1.29, 1.82) is 0 Å². The first-order valence-electron chi connectivity index (χ1n) is 5.90. The van der Waals surface area contributed by atoms with E-state index in [0.717, 1.165) is 31.4 Å². The van der Waals surface area contributed by atoms with Gasteiger partial charge in [0.05, 0.1) is 0 Å². The van der Waals surface area contributed by atoms with Crippen LogP contribution in [0.15, 0.2) is 43.0 Å². The van der Waals surface area contributed by atoms with Gasteiger partial charge in [-0.15, -0.1) is 6.58 Å². The molecule has 0 radical (unpaired) electrons. The highest BCUT2D eigenvalue weighted by Crippen LogP contribution is 2.13. The molecule has 0 saturated heterocycles. The zero-order chi connectivity index (χ0) is 11.6. The highest BCUT2D eigenvalue weighted by molar-refractivity contribution is 5.43. The summed E-state index contributed by atoms with van der Waals surface area (Å²) in [6.07, 6.45) is 5.90. The van der Waals surface area contributed by atoms with Crippen LogP contribution in [0.2, 0.25) is 0 Å². The van der Waals surface area contributed by atoms with Gasteiger partial charge in [0, 0.05) is 18.3 Å². The quantitative estimate of drug-likeness (QED) is 0.520. The standard InChI is InChI=1S/C14H21NO/c1-2-8-13(11-6-7-12-16)15-14-9-4-3-5-10-14/h2-5,9-10,13,15-16H,1,6-8,11-12H2. The van der Waals surface area contributed by atoms with Crippen molar-refractivity contribution >= 4 is 5.69 Å². The summed E-state index contributed by atoms with van der Waals surface area (Å²) in [4.78, 5) is 0. The fourth-order valence-corrected chi connectivity index (χ4v) is 1.72. The Balaban J connectivity index is 2.41. The Morgan fingerprint density at radius 2 is 2.00 bits per heavy atom. The molecule has 0 aliphatic carbocycles. The molecule has 0 aliphatic heterocycles. The average molecular weight is 219 g/mol. The third kappa shape index (κ3) is 4.99. The molecule has 1 aromatic carbocycles. The van der Waals surface area contributed by atoms with Crippen molar-refractivity contribution in [3.05, 3.63) is 43.0 Å². The van der Waals surface area contributed by atoms with Crippen molar-refractivity contribution in [2.24, 2.45) is 0 Å².